The average molecular weight is 174 g/mol. The van der Waals surface area contributed by atoms with Crippen molar-refractivity contribution in [3.05, 3.63) is 5.90 Å². The van der Waals surface area contributed by atoms with Gasteiger partial charge < -0.3 is 19.6 Å². The lowest BCUT2D eigenvalue weighted by molar-refractivity contribution is 0.366. The Bertz CT molecular complexity index is 151. The monoisotopic (exact) mass is 174 g/mol. The fourth-order valence-corrected chi connectivity index (χ4v) is 1.53. The lowest BCUT2D eigenvalue weighted by Crippen LogP contribution is -1.81. The zero-order chi connectivity index (χ0) is 7.71. The Morgan fingerprint density at radius 3 is 1.11 bits per heavy atom. The SMILES string of the molecule is O=P(O)(O)[C]P(=O)(O)O. The van der Waals surface area contributed by atoms with Crippen LogP contribution in [0, 0.1) is 5.90 Å². The molecule has 0 bridgehead atoms. The van der Waals surface area contributed by atoms with E-state index in [0.29, 0.717) is 0 Å². The van der Waals surface area contributed by atoms with Crippen molar-refractivity contribution < 1.29 is 28.7 Å². The van der Waals surface area contributed by atoms with Crippen LogP contribution < -0.4 is 0 Å². The molecule has 0 aliphatic rings. The van der Waals surface area contributed by atoms with E-state index in [1.807, 2.05) is 0 Å². The summed E-state index contributed by atoms with van der Waals surface area (Å²) in [7, 11) is -9.60. The van der Waals surface area contributed by atoms with Crippen molar-refractivity contribution >= 4 is 15.2 Å². The molecule has 4 N–H and O–H groups in total. The first-order valence-corrected chi connectivity index (χ1v) is 4.84. The van der Waals surface area contributed by atoms with Crippen LogP contribution in [0.15, 0.2) is 0 Å². The molecule has 0 saturated heterocycles. The van der Waals surface area contributed by atoms with Crippen molar-refractivity contribution in [2.45, 2.75) is 0 Å². The molecule has 0 rings (SSSR count). The highest BCUT2D eigenvalue weighted by Crippen LogP contribution is 2.56. The van der Waals surface area contributed by atoms with Crippen molar-refractivity contribution in [3.63, 3.8) is 0 Å². The molecule has 0 aromatic rings. The van der Waals surface area contributed by atoms with Gasteiger partial charge in [0.05, 0.1) is 0 Å². The highest BCUT2D eigenvalue weighted by Gasteiger charge is 2.29. The van der Waals surface area contributed by atoms with E-state index in [-0.39, 0.29) is 0 Å². The second kappa shape index (κ2) is 2.50. The Balaban J connectivity index is 4.07. The molecular formula is CH4O6P2. The van der Waals surface area contributed by atoms with Gasteiger partial charge in [0.2, 0.25) is 5.90 Å². The Morgan fingerprint density at radius 2 is 1.11 bits per heavy atom. The minimum absolute atomic E-state index is 0.792. The molecule has 6 nitrogen and oxygen atoms in total. The minimum atomic E-state index is -4.80. The van der Waals surface area contributed by atoms with Gasteiger partial charge in [-0.3, -0.25) is 9.13 Å². The first kappa shape index (κ1) is 9.30. The van der Waals surface area contributed by atoms with Crippen LogP contribution in [0.4, 0.5) is 0 Å². The predicted molar refractivity (Wildman–Crippen MR) is 27.3 cm³/mol. The third-order valence-electron chi connectivity index (χ3n) is 0.261. The summed E-state index contributed by atoms with van der Waals surface area (Å²) in [5.74, 6) is 0.792. The average Bonchev–Trinajstić information content (AvgIpc) is 1.14. The van der Waals surface area contributed by atoms with Gasteiger partial charge in [0.1, 0.15) is 0 Å². The maximum Gasteiger partial charge on any atom is 0.347 e. The van der Waals surface area contributed by atoms with Gasteiger partial charge in [-0.1, -0.05) is 0 Å². The summed E-state index contributed by atoms with van der Waals surface area (Å²) in [5, 5.41) is 0. The van der Waals surface area contributed by atoms with Crippen molar-refractivity contribution in [1.82, 2.24) is 0 Å². The molecule has 0 aliphatic carbocycles. The Hall–Kier alpha value is 0.300. The van der Waals surface area contributed by atoms with Crippen molar-refractivity contribution in [2.75, 3.05) is 0 Å². The maximum atomic E-state index is 9.74. The standard InChI is InChI=1S/CH4O6P2/c2-8(3,4)1-9(5,6)7/h(H2,2,3,4)(H2,5,6,7). The van der Waals surface area contributed by atoms with Crippen LogP contribution >= 0.6 is 15.2 Å². The highest BCUT2D eigenvalue weighted by atomic mass is 31.2. The van der Waals surface area contributed by atoms with Gasteiger partial charge in [0.15, 0.2) is 0 Å². The number of hydrogen-bond acceptors (Lipinski definition) is 2. The number of hydrogen-bond donors (Lipinski definition) is 4. The highest BCUT2D eigenvalue weighted by molar-refractivity contribution is 7.73. The molecule has 2 radical (unpaired) electrons. The van der Waals surface area contributed by atoms with Crippen LogP contribution in [-0.4, -0.2) is 19.6 Å². The first-order valence-electron chi connectivity index (χ1n) is 1.61. The largest absolute Gasteiger partial charge is 0.347 e. The molecule has 0 heterocycles. The van der Waals surface area contributed by atoms with Crippen molar-refractivity contribution in [2.24, 2.45) is 0 Å². The quantitative estimate of drug-likeness (QED) is 0.413. The van der Waals surface area contributed by atoms with Crippen LogP contribution in [0.2, 0.25) is 0 Å². The molecule has 0 spiro atoms. The third-order valence-corrected chi connectivity index (χ3v) is 2.34. The van der Waals surface area contributed by atoms with Crippen molar-refractivity contribution in [3.8, 4) is 0 Å². The lowest BCUT2D eigenvalue weighted by atomic mass is 11.9. The van der Waals surface area contributed by atoms with Gasteiger partial charge in [-0.05, 0) is 0 Å². The molecule has 0 aliphatic heterocycles. The van der Waals surface area contributed by atoms with Gasteiger partial charge in [0.25, 0.3) is 0 Å². The topological polar surface area (TPSA) is 115 Å². The summed E-state index contributed by atoms with van der Waals surface area (Å²) in [6.45, 7) is 0. The smallest absolute Gasteiger partial charge is 0.324 e. The minimum Gasteiger partial charge on any atom is -0.324 e. The molecule has 0 fully saturated rings. The van der Waals surface area contributed by atoms with E-state index < -0.39 is 15.2 Å². The molecule has 54 valence electrons. The third kappa shape index (κ3) is 8.30. The molecule has 8 heteroatoms. The van der Waals surface area contributed by atoms with E-state index in [4.69, 9.17) is 19.6 Å². The Morgan fingerprint density at radius 1 is 0.889 bits per heavy atom. The fraction of sp³-hybridized carbons (Fsp3) is 0. The van der Waals surface area contributed by atoms with E-state index in [0.717, 1.165) is 5.90 Å². The summed E-state index contributed by atoms with van der Waals surface area (Å²) in [6, 6.07) is 0. The zero-order valence-electron chi connectivity index (χ0n) is 4.00. The maximum absolute atomic E-state index is 9.74. The Kier molecular flexibility index (Phi) is 2.58. The molecule has 0 amide bonds. The van der Waals surface area contributed by atoms with Crippen LogP contribution in [-0.2, 0) is 9.13 Å². The zero-order valence-corrected chi connectivity index (χ0v) is 5.79. The van der Waals surface area contributed by atoms with Crippen LogP contribution in [0.5, 0.6) is 0 Å². The molecule has 9 heavy (non-hydrogen) atoms. The summed E-state index contributed by atoms with van der Waals surface area (Å²) < 4.78 is 19.5. The summed E-state index contributed by atoms with van der Waals surface area (Å²) in [6.07, 6.45) is 0. The summed E-state index contributed by atoms with van der Waals surface area (Å²) in [4.78, 5) is 31.4. The Labute approximate surface area is 50.8 Å². The summed E-state index contributed by atoms with van der Waals surface area (Å²) >= 11 is 0. The van der Waals surface area contributed by atoms with Crippen LogP contribution in [0.25, 0.3) is 0 Å². The van der Waals surface area contributed by atoms with Gasteiger partial charge in [-0.2, -0.15) is 0 Å². The van der Waals surface area contributed by atoms with Gasteiger partial charge >= 0.3 is 15.2 Å². The second-order valence-electron chi connectivity index (χ2n) is 1.19. The van der Waals surface area contributed by atoms with E-state index >= 15 is 0 Å². The second-order valence-corrected chi connectivity index (χ2v) is 4.16. The number of rotatable bonds is 2. The molecular weight excluding hydrogens is 170 g/mol. The van der Waals surface area contributed by atoms with E-state index in [1.165, 1.54) is 0 Å². The first-order chi connectivity index (χ1) is 3.71. The molecule has 0 aromatic carbocycles. The van der Waals surface area contributed by atoms with Crippen LogP contribution in [0.3, 0.4) is 0 Å². The lowest BCUT2D eigenvalue weighted by Gasteiger charge is -2.01. The fourth-order valence-electron chi connectivity index (χ4n) is 0.170. The van der Waals surface area contributed by atoms with Gasteiger partial charge in [0, 0.05) is 0 Å². The van der Waals surface area contributed by atoms with Crippen LogP contribution in [0.1, 0.15) is 0 Å². The summed E-state index contributed by atoms with van der Waals surface area (Å²) in [5.41, 5.74) is 0. The van der Waals surface area contributed by atoms with E-state index in [1.54, 1.807) is 0 Å². The molecule has 0 atom stereocenters. The predicted octanol–water partition coefficient (Wildman–Crippen LogP) is -0.662. The normalized spacial score (nSPS) is 13.8. The van der Waals surface area contributed by atoms with Crippen molar-refractivity contribution in [1.29, 1.82) is 0 Å². The van der Waals surface area contributed by atoms with Gasteiger partial charge in [-0.15, -0.1) is 0 Å². The molecule has 0 unspecified atom stereocenters. The van der Waals surface area contributed by atoms with Gasteiger partial charge in [-0.25, -0.2) is 0 Å². The molecule has 0 aromatic heterocycles. The van der Waals surface area contributed by atoms with E-state index in [2.05, 4.69) is 0 Å². The molecule has 0 saturated carbocycles. The van der Waals surface area contributed by atoms with E-state index in [9.17, 15) is 9.13 Å².